The summed E-state index contributed by atoms with van der Waals surface area (Å²) in [7, 11) is 0. The van der Waals surface area contributed by atoms with Crippen molar-refractivity contribution >= 4 is 17.9 Å². The number of allylic oxidation sites excluding steroid dienone is 6. The molecule has 0 aliphatic rings. The highest BCUT2D eigenvalue weighted by Gasteiger charge is 2.19. The van der Waals surface area contributed by atoms with Crippen molar-refractivity contribution in [3.05, 3.63) is 36.5 Å². The van der Waals surface area contributed by atoms with Crippen molar-refractivity contribution in [2.24, 2.45) is 0 Å². The van der Waals surface area contributed by atoms with Crippen LogP contribution in [-0.4, -0.2) is 37.2 Å². The van der Waals surface area contributed by atoms with Crippen molar-refractivity contribution in [3.8, 4) is 0 Å². The fraction of sp³-hybridized carbons (Fsp3) is 0.812. The Balaban J connectivity index is 4.41. The average Bonchev–Trinajstić information content (AvgIpc) is 3.17. The Kier molecular flexibility index (Phi) is 41.5. The predicted octanol–water partition coefficient (Wildman–Crippen LogP) is 14.6. The average molecular weight is 759 g/mol. The zero-order chi connectivity index (χ0) is 39.4. The van der Waals surface area contributed by atoms with Gasteiger partial charge in [0.15, 0.2) is 6.10 Å². The summed E-state index contributed by atoms with van der Waals surface area (Å²) in [4.78, 5) is 37.7. The topological polar surface area (TPSA) is 78.9 Å². The molecule has 6 heteroatoms. The summed E-state index contributed by atoms with van der Waals surface area (Å²) in [5.41, 5.74) is 0. The number of esters is 3. The van der Waals surface area contributed by atoms with Crippen molar-refractivity contribution in [1.82, 2.24) is 0 Å². The maximum atomic E-state index is 12.7. The van der Waals surface area contributed by atoms with E-state index in [4.69, 9.17) is 14.2 Å². The lowest BCUT2D eigenvalue weighted by molar-refractivity contribution is -0.167. The molecule has 0 spiro atoms. The first-order valence-corrected chi connectivity index (χ1v) is 23.0. The molecule has 0 aromatic carbocycles. The molecule has 54 heavy (non-hydrogen) atoms. The molecule has 0 heterocycles. The molecule has 0 saturated carbocycles. The van der Waals surface area contributed by atoms with E-state index in [1.165, 1.54) is 109 Å². The molecule has 0 amide bonds. The number of unbranched alkanes of at least 4 members (excludes halogenated alkanes) is 25. The van der Waals surface area contributed by atoms with E-state index < -0.39 is 6.10 Å². The monoisotopic (exact) mass is 759 g/mol. The Morgan fingerprint density at radius 2 is 0.685 bits per heavy atom. The summed E-state index contributed by atoms with van der Waals surface area (Å²) in [6.07, 6.45) is 48.4. The molecule has 0 aliphatic carbocycles. The molecule has 0 N–H and O–H groups in total. The van der Waals surface area contributed by atoms with Crippen LogP contribution in [0.5, 0.6) is 0 Å². The van der Waals surface area contributed by atoms with Gasteiger partial charge in [-0.3, -0.25) is 14.4 Å². The van der Waals surface area contributed by atoms with Crippen LogP contribution in [0.15, 0.2) is 36.5 Å². The van der Waals surface area contributed by atoms with Crippen LogP contribution in [0, 0.1) is 0 Å². The fourth-order valence-electron chi connectivity index (χ4n) is 6.35. The Morgan fingerprint density at radius 3 is 1.11 bits per heavy atom. The smallest absolute Gasteiger partial charge is 0.306 e. The number of carbonyl (C=O) groups is 3. The first kappa shape index (κ1) is 51.6. The lowest BCUT2D eigenvalue weighted by Crippen LogP contribution is -2.30. The van der Waals surface area contributed by atoms with Crippen molar-refractivity contribution < 1.29 is 28.6 Å². The third kappa shape index (κ3) is 40.8. The summed E-state index contributed by atoms with van der Waals surface area (Å²) in [6.45, 7) is 6.53. The number of ether oxygens (including phenoxy) is 3. The first-order valence-electron chi connectivity index (χ1n) is 23.0. The van der Waals surface area contributed by atoms with Crippen LogP contribution in [0.3, 0.4) is 0 Å². The summed E-state index contributed by atoms with van der Waals surface area (Å²) in [5, 5.41) is 0. The number of hydrogen-bond donors (Lipinski definition) is 0. The Bertz CT molecular complexity index is 922. The highest BCUT2D eigenvalue weighted by molar-refractivity contribution is 5.71. The standard InChI is InChI=1S/C48H86O6/c1-4-7-10-13-16-19-22-23-24-27-29-32-35-38-41-47(50)53-44-45(54-48(51)42-39-36-33-30-26-21-18-15-12-9-6-3)43-52-46(49)40-37-34-31-28-25-20-17-14-11-8-5-2/h15,18,21,24,26-27,45H,4-14,16-17,19-20,22-23,25,28-44H2,1-3H3/b18-15-,26-21-,27-24-. The van der Waals surface area contributed by atoms with Gasteiger partial charge in [-0.1, -0.05) is 186 Å². The number of rotatable bonds is 41. The van der Waals surface area contributed by atoms with E-state index in [0.717, 1.165) is 83.5 Å². The summed E-state index contributed by atoms with van der Waals surface area (Å²) < 4.78 is 16.7. The van der Waals surface area contributed by atoms with Crippen molar-refractivity contribution in [2.75, 3.05) is 13.2 Å². The van der Waals surface area contributed by atoms with E-state index in [2.05, 4.69) is 57.2 Å². The molecule has 0 aromatic rings. The second-order valence-corrected chi connectivity index (χ2v) is 15.3. The van der Waals surface area contributed by atoms with E-state index >= 15 is 0 Å². The highest BCUT2D eigenvalue weighted by atomic mass is 16.6. The maximum absolute atomic E-state index is 12.7. The zero-order valence-corrected chi connectivity index (χ0v) is 35.7. The van der Waals surface area contributed by atoms with E-state index in [-0.39, 0.29) is 31.1 Å². The Morgan fingerprint density at radius 1 is 0.370 bits per heavy atom. The first-order chi connectivity index (χ1) is 26.5. The predicted molar refractivity (Wildman–Crippen MR) is 229 cm³/mol. The van der Waals surface area contributed by atoms with Gasteiger partial charge < -0.3 is 14.2 Å². The van der Waals surface area contributed by atoms with Crippen molar-refractivity contribution in [3.63, 3.8) is 0 Å². The molecule has 314 valence electrons. The minimum atomic E-state index is -0.786. The molecular weight excluding hydrogens is 673 g/mol. The molecule has 6 nitrogen and oxygen atoms in total. The molecule has 0 saturated heterocycles. The van der Waals surface area contributed by atoms with Crippen LogP contribution >= 0.6 is 0 Å². The van der Waals surface area contributed by atoms with Gasteiger partial charge in [0.25, 0.3) is 0 Å². The molecule has 1 unspecified atom stereocenters. The van der Waals surface area contributed by atoms with Gasteiger partial charge in [0, 0.05) is 19.3 Å². The van der Waals surface area contributed by atoms with Gasteiger partial charge in [-0.25, -0.2) is 0 Å². The fourth-order valence-corrected chi connectivity index (χ4v) is 6.35. The van der Waals surface area contributed by atoms with Crippen molar-refractivity contribution in [1.29, 1.82) is 0 Å². The number of carbonyl (C=O) groups excluding carboxylic acids is 3. The summed E-state index contributed by atoms with van der Waals surface area (Å²) in [6, 6.07) is 0. The lowest BCUT2D eigenvalue weighted by Gasteiger charge is -2.18. The third-order valence-corrected chi connectivity index (χ3v) is 9.90. The molecule has 0 aliphatic heterocycles. The van der Waals surface area contributed by atoms with Gasteiger partial charge in [-0.15, -0.1) is 0 Å². The number of hydrogen-bond acceptors (Lipinski definition) is 6. The van der Waals surface area contributed by atoms with Gasteiger partial charge >= 0.3 is 17.9 Å². The third-order valence-electron chi connectivity index (χ3n) is 9.90. The SMILES string of the molecule is CCCC/C=C\C=C/CCCCCC(=O)OC(COC(=O)CCCCC/C=C\CCCCCCCCC)COC(=O)CCCCCCCCCCCCC. The molecule has 1 atom stereocenters. The van der Waals surface area contributed by atoms with Gasteiger partial charge in [-0.05, 0) is 64.2 Å². The van der Waals surface area contributed by atoms with Gasteiger partial charge in [0.05, 0.1) is 0 Å². The second-order valence-electron chi connectivity index (χ2n) is 15.3. The van der Waals surface area contributed by atoms with Gasteiger partial charge in [0.1, 0.15) is 13.2 Å². The largest absolute Gasteiger partial charge is 0.462 e. The molecule has 0 bridgehead atoms. The summed E-state index contributed by atoms with van der Waals surface area (Å²) in [5.74, 6) is -0.930. The molecular formula is C48H86O6. The van der Waals surface area contributed by atoms with E-state index in [1.807, 2.05) is 0 Å². The summed E-state index contributed by atoms with van der Waals surface area (Å²) >= 11 is 0. The molecule has 0 rings (SSSR count). The van der Waals surface area contributed by atoms with Gasteiger partial charge in [0.2, 0.25) is 0 Å². The maximum Gasteiger partial charge on any atom is 0.306 e. The van der Waals surface area contributed by atoms with Crippen molar-refractivity contribution in [2.45, 2.75) is 239 Å². The van der Waals surface area contributed by atoms with Crippen LogP contribution in [0.4, 0.5) is 0 Å². The van der Waals surface area contributed by atoms with E-state index in [1.54, 1.807) is 0 Å². The normalized spacial score (nSPS) is 12.3. The van der Waals surface area contributed by atoms with Crippen LogP contribution in [0.2, 0.25) is 0 Å². The van der Waals surface area contributed by atoms with E-state index in [0.29, 0.717) is 19.3 Å². The zero-order valence-electron chi connectivity index (χ0n) is 35.7. The van der Waals surface area contributed by atoms with Crippen LogP contribution in [0.1, 0.15) is 233 Å². The minimum absolute atomic E-state index is 0.0857. The quantitative estimate of drug-likeness (QED) is 0.0203. The van der Waals surface area contributed by atoms with E-state index in [9.17, 15) is 14.4 Å². The second kappa shape index (κ2) is 43.4. The highest BCUT2D eigenvalue weighted by Crippen LogP contribution is 2.14. The molecule has 0 fully saturated rings. The van der Waals surface area contributed by atoms with Crippen LogP contribution < -0.4 is 0 Å². The Labute approximate surface area is 334 Å². The molecule has 0 radical (unpaired) electrons. The minimum Gasteiger partial charge on any atom is -0.462 e. The van der Waals surface area contributed by atoms with Gasteiger partial charge in [-0.2, -0.15) is 0 Å². The Hall–Kier alpha value is -2.37. The molecule has 0 aromatic heterocycles. The van der Waals surface area contributed by atoms with Crippen LogP contribution in [0.25, 0.3) is 0 Å². The van der Waals surface area contributed by atoms with Crippen LogP contribution in [-0.2, 0) is 28.6 Å². The lowest BCUT2D eigenvalue weighted by atomic mass is 10.1.